The first-order chi connectivity index (χ1) is 11.1. The van der Waals surface area contributed by atoms with Gasteiger partial charge in [0.2, 0.25) is 11.5 Å². The van der Waals surface area contributed by atoms with Crippen molar-refractivity contribution in [1.29, 1.82) is 0 Å². The summed E-state index contributed by atoms with van der Waals surface area (Å²) < 4.78 is 20.8. The van der Waals surface area contributed by atoms with Crippen LogP contribution in [0.3, 0.4) is 0 Å². The molecule has 0 bridgehead atoms. The third-order valence-electron chi connectivity index (χ3n) is 4.02. The largest absolute Gasteiger partial charge is 0.493 e. The normalized spacial score (nSPS) is 14.4. The second kappa shape index (κ2) is 7.85. The third-order valence-corrected chi connectivity index (χ3v) is 4.02. The molecule has 1 aliphatic carbocycles. The fraction of sp³-hybridized carbons (Fsp3) is 0.529. The van der Waals surface area contributed by atoms with E-state index in [2.05, 4.69) is 0 Å². The van der Waals surface area contributed by atoms with E-state index in [9.17, 15) is 9.59 Å². The standard InChI is InChI=1S/C17H22O6/c1-20-14-8-12(9-15(21-2)16(14)22-3)13(18)10-23-17(19)11-6-4-5-7-11/h8-9,11H,4-7,10H2,1-3H3. The van der Waals surface area contributed by atoms with Gasteiger partial charge < -0.3 is 18.9 Å². The average molecular weight is 322 g/mol. The minimum Gasteiger partial charge on any atom is -0.493 e. The molecule has 1 aromatic carbocycles. The highest BCUT2D eigenvalue weighted by atomic mass is 16.5. The van der Waals surface area contributed by atoms with Gasteiger partial charge in [0.05, 0.1) is 27.2 Å². The number of rotatable bonds is 7. The zero-order valence-corrected chi connectivity index (χ0v) is 13.7. The molecule has 1 aromatic rings. The van der Waals surface area contributed by atoms with Crippen molar-refractivity contribution in [2.45, 2.75) is 25.7 Å². The molecule has 126 valence electrons. The minimum atomic E-state index is -0.310. The zero-order chi connectivity index (χ0) is 16.8. The average Bonchev–Trinajstić information content (AvgIpc) is 3.12. The van der Waals surface area contributed by atoms with E-state index in [1.54, 1.807) is 12.1 Å². The van der Waals surface area contributed by atoms with Crippen LogP contribution in [0.1, 0.15) is 36.0 Å². The molecule has 0 aromatic heterocycles. The summed E-state index contributed by atoms with van der Waals surface area (Å²) in [5.41, 5.74) is 0.346. The highest BCUT2D eigenvalue weighted by molar-refractivity contribution is 5.99. The van der Waals surface area contributed by atoms with Crippen LogP contribution in [0.4, 0.5) is 0 Å². The maximum absolute atomic E-state index is 12.3. The van der Waals surface area contributed by atoms with Crippen LogP contribution in [0.5, 0.6) is 17.2 Å². The lowest BCUT2D eigenvalue weighted by molar-refractivity contribution is -0.147. The maximum Gasteiger partial charge on any atom is 0.309 e. The fourth-order valence-electron chi connectivity index (χ4n) is 2.74. The Morgan fingerprint density at radius 1 is 1.00 bits per heavy atom. The number of carbonyl (C=O) groups excluding carboxylic acids is 2. The SMILES string of the molecule is COc1cc(C(=O)COC(=O)C2CCCC2)cc(OC)c1OC. The quantitative estimate of drug-likeness (QED) is 0.568. The van der Waals surface area contributed by atoms with Gasteiger partial charge in [-0.15, -0.1) is 0 Å². The Labute approximate surface area is 135 Å². The van der Waals surface area contributed by atoms with E-state index >= 15 is 0 Å². The molecule has 0 unspecified atom stereocenters. The number of ether oxygens (including phenoxy) is 4. The summed E-state index contributed by atoms with van der Waals surface area (Å²) in [6.45, 7) is -0.284. The van der Waals surface area contributed by atoms with E-state index in [1.807, 2.05) is 0 Å². The van der Waals surface area contributed by atoms with Crippen LogP contribution in [-0.2, 0) is 9.53 Å². The minimum absolute atomic E-state index is 0.0669. The van der Waals surface area contributed by atoms with E-state index in [0.29, 0.717) is 22.8 Å². The Hall–Kier alpha value is -2.24. The first-order valence-corrected chi connectivity index (χ1v) is 7.60. The highest BCUT2D eigenvalue weighted by Gasteiger charge is 2.25. The van der Waals surface area contributed by atoms with Crippen LogP contribution >= 0.6 is 0 Å². The Morgan fingerprint density at radius 2 is 1.57 bits per heavy atom. The molecule has 23 heavy (non-hydrogen) atoms. The van der Waals surface area contributed by atoms with Crippen LogP contribution in [-0.4, -0.2) is 39.7 Å². The lowest BCUT2D eigenvalue weighted by atomic mass is 10.1. The molecule has 0 N–H and O–H groups in total. The van der Waals surface area contributed by atoms with Gasteiger partial charge in [-0.25, -0.2) is 0 Å². The fourth-order valence-corrected chi connectivity index (χ4v) is 2.74. The molecule has 0 aliphatic heterocycles. The number of esters is 1. The van der Waals surface area contributed by atoms with Crippen molar-refractivity contribution in [2.75, 3.05) is 27.9 Å². The van der Waals surface area contributed by atoms with Crippen molar-refractivity contribution in [3.63, 3.8) is 0 Å². The summed E-state index contributed by atoms with van der Waals surface area (Å²) in [5, 5.41) is 0. The predicted molar refractivity (Wildman–Crippen MR) is 83.3 cm³/mol. The van der Waals surface area contributed by atoms with E-state index in [4.69, 9.17) is 18.9 Å². The Bertz CT molecular complexity index is 549. The van der Waals surface area contributed by atoms with Gasteiger partial charge >= 0.3 is 5.97 Å². The Balaban J connectivity index is 2.07. The van der Waals surface area contributed by atoms with E-state index in [0.717, 1.165) is 25.7 Å². The molecule has 0 radical (unpaired) electrons. The summed E-state index contributed by atoms with van der Waals surface area (Å²) in [4.78, 5) is 24.2. The predicted octanol–water partition coefficient (Wildman–Crippen LogP) is 2.63. The first-order valence-electron chi connectivity index (χ1n) is 7.60. The van der Waals surface area contributed by atoms with Gasteiger partial charge in [-0.1, -0.05) is 12.8 Å². The van der Waals surface area contributed by atoms with Crippen molar-refractivity contribution in [1.82, 2.24) is 0 Å². The van der Waals surface area contributed by atoms with Crippen LogP contribution in [0, 0.1) is 5.92 Å². The summed E-state index contributed by atoms with van der Waals surface area (Å²) in [5.74, 6) is 0.519. The molecule has 0 heterocycles. The molecular weight excluding hydrogens is 300 g/mol. The topological polar surface area (TPSA) is 71.1 Å². The van der Waals surface area contributed by atoms with Gasteiger partial charge in [0.1, 0.15) is 0 Å². The smallest absolute Gasteiger partial charge is 0.309 e. The van der Waals surface area contributed by atoms with Crippen LogP contribution < -0.4 is 14.2 Å². The number of methoxy groups -OCH3 is 3. The lowest BCUT2D eigenvalue weighted by Crippen LogP contribution is -2.19. The van der Waals surface area contributed by atoms with Gasteiger partial charge in [-0.3, -0.25) is 9.59 Å². The van der Waals surface area contributed by atoms with E-state index in [-0.39, 0.29) is 24.3 Å². The number of hydrogen-bond acceptors (Lipinski definition) is 6. The first kappa shape index (κ1) is 17.1. The van der Waals surface area contributed by atoms with Crippen LogP contribution in [0.15, 0.2) is 12.1 Å². The monoisotopic (exact) mass is 322 g/mol. The van der Waals surface area contributed by atoms with Crippen LogP contribution in [0.25, 0.3) is 0 Å². The summed E-state index contributed by atoms with van der Waals surface area (Å²) in [6, 6.07) is 3.10. The molecule has 0 spiro atoms. The highest BCUT2D eigenvalue weighted by Crippen LogP contribution is 2.38. The second-order valence-electron chi connectivity index (χ2n) is 5.43. The molecule has 6 heteroatoms. The van der Waals surface area contributed by atoms with E-state index in [1.165, 1.54) is 21.3 Å². The van der Waals surface area contributed by atoms with Crippen molar-refractivity contribution in [2.24, 2.45) is 5.92 Å². The Morgan fingerprint density at radius 3 is 2.04 bits per heavy atom. The van der Waals surface area contributed by atoms with Gasteiger partial charge in [-0.2, -0.15) is 0 Å². The van der Waals surface area contributed by atoms with Crippen molar-refractivity contribution >= 4 is 11.8 Å². The summed E-state index contributed by atoms with van der Waals surface area (Å²) >= 11 is 0. The number of benzene rings is 1. The molecule has 1 fully saturated rings. The summed E-state index contributed by atoms with van der Waals surface area (Å²) in [7, 11) is 4.45. The molecule has 2 rings (SSSR count). The number of ketones is 1. The van der Waals surface area contributed by atoms with Gasteiger partial charge in [0.25, 0.3) is 0 Å². The molecule has 1 aliphatic rings. The van der Waals surface area contributed by atoms with Crippen molar-refractivity contribution in [3.8, 4) is 17.2 Å². The molecular formula is C17H22O6. The molecule has 0 atom stereocenters. The van der Waals surface area contributed by atoms with Gasteiger partial charge in [0.15, 0.2) is 18.1 Å². The van der Waals surface area contributed by atoms with Crippen LogP contribution in [0.2, 0.25) is 0 Å². The molecule has 0 saturated heterocycles. The second-order valence-corrected chi connectivity index (χ2v) is 5.43. The number of hydrogen-bond donors (Lipinski definition) is 0. The lowest BCUT2D eigenvalue weighted by Gasteiger charge is -2.14. The van der Waals surface area contributed by atoms with Gasteiger partial charge in [0, 0.05) is 5.56 Å². The molecule has 6 nitrogen and oxygen atoms in total. The molecule has 1 saturated carbocycles. The Kier molecular flexibility index (Phi) is 5.84. The number of carbonyl (C=O) groups is 2. The molecule has 0 amide bonds. The number of Topliss-reactive ketones (excluding diaryl/α,β-unsaturated/α-hetero) is 1. The third kappa shape index (κ3) is 3.94. The summed E-state index contributed by atoms with van der Waals surface area (Å²) in [6.07, 6.45) is 3.77. The maximum atomic E-state index is 12.3. The van der Waals surface area contributed by atoms with Crippen molar-refractivity contribution < 1.29 is 28.5 Å². The zero-order valence-electron chi connectivity index (χ0n) is 13.7. The van der Waals surface area contributed by atoms with Crippen molar-refractivity contribution in [3.05, 3.63) is 17.7 Å². The van der Waals surface area contributed by atoms with E-state index < -0.39 is 0 Å². The van der Waals surface area contributed by atoms with Gasteiger partial charge in [-0.05, 0) is 25.0 Å².